The Kier molecular flexibility index (Phi) is 5.11. The van der Waals surface area contributed by atoms with Crippen molar-refractivity contribution in [1.82, 2.24) is 29.9 Å². The van der Waals surface area contributed by atoms with E-state index in [0.717, 1.165) is 53.8 Å². The van der Waals surface area contributed by atoms with E-state index in [0.29, 0.717) is 18.3 Å². The van der Waals surface area contributed by atoms with Crippen molar-refractivity contribution in [2.75, 3.05) is 5.32 Å². The lowest BCUT2D eigenvalue weighted by Gasteiger charge is -2.12. The second-order valence-corrected chi connectivity index (χ2v) is 8.08. The Bertz CT molecular complexity index is 1220. The Morgan fingerprint density at radius 3 is 2.90 bits per heavy atom. The SMILES string of the molecule is Cc1cc(Nc2nc(-c3cccc(CNC(=O)C4CCCC4)c3)cc3nccn23)n[nH]1. The van der Waals surface area contributed by atoms with Gasteiger partial charge in [0.2, 0.25) is 11.9 Å². The van der Waals surface area contributed by atoms with Crippen molar-refractivity contribution in [2.45, 2.75) is 39.2 Å². The summed E-state index contributed by atoms with van der Waals surface area (Å²) >= 11 is 0. The van der Waals surface area contributed by atoms with Crippen LogP contribution in [0, 0.1) is 12.8 Å². The number of nitrogens with one attached hydrogen (secondary N) is 3. The van der Waals surface area contributed by atoms with Crippen molar-refractivity contribution in [3.8, 4) is 11.3 Å². The largest absolute Gasteiger partial charge is 0.352 e. The summed E-state index contributed by atoms with van der Waals surface area (Å²) in [6.07, 6.45) is 7.93. The summed E-state index contributed by atoms with van der Waals surface area (Å²) in [5, 5.41) is 13.5. The molecule has 0 unspecified atom stereocenters. The molecule has 3 heterocycles. The zero-order chi connectivity index (χ0) is 21.2. The van der Waals surface area contributed by atoms with Crippen LogP contribution in [0.1, 0.15) is 36.9 Å². The first-order valence-corrected chi connectivity index (χ1v) is 10.7. The van der Waals surface area contributed by atoms with E-state index >= 15 is 0 Å². The molecule has 0 bridgehead atoms. The molecule has 3 N–H and O–H groups in total. The molecule has 5 rings (SSSR count). The van der Waals surface area contributed by atoms with Gasteiger partial charge in [0.15, 0.2) is 5.82 Å². The Morgan fingerprint density at radius 1 is 1.23 bits per heavy atom. The fourth-order valence-electron chi connectivity index (χ4n) is 4.12. The topological polar surface area (TPSA) is 100 Å². The molecule has 8 nitrogen and oxygen atoms in total. The van der Waals surface area contributed by atoms with Gasteiger partial charge < -0.3 is 10.6 Å². The van der Waals surface area contributed by atoms with Gasteiger partial charge in [-0.2, -0.15) is 5.10 Å². The van der Waals surface area contributed by atoms with Gasteiger partial charge in [-0.15, -0.1) is 0 Å². The van der Waals surface area contributed by atoms with E-state index < -0.39 is 0 Å². The minimum Gasteiger partial charge on any atom is -0.352 e. The van der Waals surface area contributed by atoms with E-state index in [1.165, 1.54) is 0 Å². The zero-order valence-corrected chi connectivity index (χ0v) is 17.4. The lowest BCUT2D eigenvalue weighted by Crippen LogP contribution is -2.28. The third-order valence-electron chi connectivity index (χ3n) is 5.75. The minimum absolute atomic E-state index is 0.167. The highest BCUT2D eigenvalue weighted by Gasteiger charge is 2.22. The van der Waals surface area contributed by atoms with E-state index in [-0.39, 0.29) is 11.8 Å². The van der Waals surface area contributed by atoms with E-state index in [1.807, 2.05) is 47.9 Å². The van der Waals surface area contributed by atoms with Gasteiger partial charge >= 0.3 is 0 Å². The molecule has 1 aliphatic rings. The summed E-state index contributed by atoms with van der Waals surface area (Å²) in [6.45, 7) is 2.47. The third kappa shape index (κ3) is 4.14. The number of aryl methyl sites for hydroxylation is 1. The number of amides is 1. The van der Waals surface area contributed by atoms with E-state index in [1.54, 1.807) is 6.20 Å². The van der Waals surface area contributed by atoms with Crippen LogP contribution in [0.3, 0.4) is 0 Å². The third-order valence-corrected chi connectivity index (χ3v) is 5.75. The molecule has 3 aromatic heterocycles. The van der Waals surface area contributed by atoms with Crippen molar-refractivity contribution in [3.05, 3.63) is 60.0 Å². The number of aromatic nitrogens is 5. The lowest BCUT2D eigenvalue weighted by atomic mass is 10.1. The second kappa shape index (κ2) is 8.22. The molecule has 0 saturated heterocycles. The van der Waals surface area contributed by atoms with Gasteiger partial charge in [-0.3, -0.25) is 14.3 Å². The smallest absolute Gasteiger partial charge is 0.223 e. The van der Waals surface area contributed by atoms with Gasteiger partial charge in [0.05, 0.1) is 5.69 Å². The van der Waals surface area contributed by atoms with Gasteiger partial charge in [-0.25, -0.2) is 9.97 Å². The number of benzene rings is 1. The number of aromatic amines is 1. The molecule has 1 aromatic carbocycles. The number of nitrogens with zero attached hydrogens (tertiary/aromatic N) is 4. The van der Waals surface area contributed by atoms with Crippen molar-refractivity contribution < 1.29 is 4.79 Å². The van der Waals surface area contributed by atoms with Crippen molar-refractivity contribution in [3.63, 3.8) is 0 Å². The molecule has 1 fully saturated rings. The van der Waals surface area contributed by atoms with Gasteiger partial charge in [0, 0.05) is 48.2 Å². The first-order valence-electron chi connectivity index (χ1n) is 10.7. The highest BCUT2D eigenvalue weighted by atomic mass is 16.1. The van der Waals surface area contributed by atoms with E-state index in [9.17, 15) is 4.79 Å². The number of H-pyrrole nitrogens is 1. The number of anilines is 2. The standard InChI is InChI=1S/C23H25N7O/c1-15-11-20(29-28-15)27-23-26-19(13-21-24-9-10-30(21)23)18-8-4-5-16(12-18)14-25-22(31)17-6-2-3-7-17/h4-5,8-13,17H,2-3,6-7,14H2,1H3,(H,25,31)(H2,26,27,28,29). The maximum Gasteiger partial charge on any atom is 0.223 e. The number of hydrogen-bond acceptors (Lipinski definition) is 5. The van der Waals surface area contributed by atoms with Crippen LogP contribution < -0.4 is 10.6 Å². The highest BCUT2D eigenvalue weighted by molar-refractivity contribution is 5.79. The quantitative estimate of drug-likeness (QED) is 0.442. The molecule has 4 aromatic rings. The van der Waals surface area contributed by atoms with Crippen LogP contribution in [0.5, 0.6) is 0 Å². The van der Waals surface area contributed by atoms with Gasteiger partial charge in [-0.05, 0) is 31.4 Å². The summed E-state index contributed by atoms with van der Waals surface area (Å²) in [4.78, 5) is 21.6. The van der Waals surface area contributed by atoms with Gasteiger partial charge in [-0.1, -0.05) is 31.0 Å². The number of rotatable bonds is 6. The molecule has 1 amide bonds. The Labute approximate surface area is 180 Å². The summed E-state index contributed by atoms with van der Waals surface area (Å²) in [6, 6.07) is 12.0. The monoisotopic (exact) mass is 415 g/mol. The van der Waals surface area contributed by atoms with Crippen LogP contribution in [-0.2, 0) is 11.3 Å². The van der Waals surface area contributed by atoms with Crippen molar-refractivity contribution in [2.24, 2.45) is 5.92 Å². The normalized spacial score (nSPS) is 14.2. The van der Waals surface area contributed by atoms with Crippen LogP contribution in [0.4, 0.5) is 11.8 Å². The maximum absolute atomic E-state index is 12.4. The van der Waals surface area contributed by atoms with Gasteiger partial charge in [0.25, 0.3) is 0 Å². The molecular weight excluding hydrogens is 390 g/mol. The summed E-state index contributed by atoms with van der Waals surface area (Å²) < 4.78 is 1.89. The molecule has 1 aliphatic carbocycles. The zero-order valence-electron chi connectivity index (χ0n) is 17.4. The number of hydrogen-bond donors (Lipinski definition) is 3. The summed E-state index contributed by atoms with van der Waals surface area (Å²) in [5.74, 6) is 1.67. The Balaban J connectivity index is 1.40. The first kappa shape index (κ1) is 19.3. The van der Waals surface area contributed by atoms with E-state index in [2.05, 4.69) is 31.9 Å². The molecular formula is C23H25N7O. The highest BCUT2D eigenvalue weighted by Crippen LogP contribution is 2.26. The number of fused-ring (bicyclic) bond motifs is 1. The van der Waals surface area contributed by atoms with Crippen LogP contribution in [0.15, 0.2) is 48.8 Å². The minimum atomic E-state index is 0.167. The fourth-order valence-corrected chi connectivity index (χ4v) is 4.12. The number of carbonyl (C=O) groups excluding carboxylic acids is 1. The Morgan fingerprint density at radius 2 is 2.10 bits per heavy atom. The summed E-state index contributed by atoms with van der Waals surface area (Å²) in [7, 11) is 0. The second-order valence-electron chi connectivity index (χ2n) is 8.08. The predicted molar refractivity (Wildman–Crippen MR) is 119 cm³/mol. The van der Waals surface area contributed by atoms with Crippen LogP contribution in [0.25, 0.3) is 16.9 Å². The molecule has 0 radical (unpaired) electrons. The predicted octanol–water partition coefficient (Wildman–Crippen LogP) is 3.98. The molecule has 0 atom stereocenters. The maximum atomic E-state index is 12.4. The molecule has 0 aliphatic heterocycles. The number of imidazole rings is 1. The number of carbonyl (C=O) groups is 1. The molecule has 0 spiro atoms. The molecule has 31 heavy (non-hydrogen) atoms. The van der Waals surface area contributed by atoms with E-state index in [4.69, 9.17) is 4.98 Å². The van der Waals surface area contributed by atoms with Gasteiger partial charge in [0.1, 0.15) is 5.65 Å². The summed E-state index contributed by atoms with van der Waals surface area (Å²) in [5.41, 5.74) is 4.58. The van der Waals surface area contributed by atoms with Crippen molar-refractivity contribution >= 4 is 23.3 Å². The van der Waals surface area contributed by atoms with Crippen LogP contribution in [0.2, 0.25) is 0 Å². The van der Waals surface area contributed by atoms with Crippen molar-refractivity contribution in [1.29, 1.82) is 0 Å². The van der Waals surface area contributed by atoms with Crippen LogP contribution in [-0.4, -0.2) is 30.5 Å². The lowest BCUT2D eigenvalue weighted by molar-refractivity contribution is -0.124. The molecule has 1 saturated carbocycles. The molecule has 158 valence electrons. The first-order chi connectivity index (χ1) is 15.2. The fraction of sp³-hybridized carbons (Fsp3) is 0.304. The average Bonchev–Trinajstić information content (AvgIpc) is 3.54. The molecule has 8 heteroatoms. The van der Waals surface area contributed by atoms with Crippen LogP contribution >= 0.6 is 0 Å². The Hall–Kier alpha value is -3.68. The average molecular weight is 416 g/mol.